The van der Waals surface area contributed by atoms with Crippen LogP contribution in [0.5, 0.6) is 11.5 Å². The minimum Gasteiger partial charge on any atom is -0.493 e. The van der Waals surface area contributed by atoms with E-state index in [1.807, 2.05) is 35.7 Å². The van der Waals surface area contributed by atoms with Gasteiger partial charge in [-0.3, -0.25) is 0 Å². The van der Waals surface area contributed by atoms with Gasteiger partial charge in [0.15, 0.2) is 11.5 Å². The number of ether oxygens (including phenoxy) is 2. The van der Waals surface area contributed by atoms with Crippen LogP contribution >= 0.6 is 11.3 Å². The molecule has 1 N–H and O–H groups in total. The molecule has 2 rings (SSSR count). The summed E-state index contributed by atoms with van der Waals surface area (Å²) in [6.07, 6.45) is 1.000. The van der Waals surface area contributed by atoms with Gasteiger partial charge in [-0.15, -0.1) is 11.3 Å². The van der Waals surface area contributed by atoms with E-state index in [4.69, 9.17) is 9.47 Å². The summed E-state index contributed by atoms with van der Waals surface area (Å²) in [6, 6.07) is 9.72. The van der Waals surface area contributed by atoms with Gasteiger partial charge in [-0.1, -0.05) is 18.2 Å². The lowest BCUT2D eigenvalue weighted by molar-refractivity contribution is 0.171. The molecule has 1 aromatic carbocycles. The summed E-state index contributed by atoms with van der Waals surface area (Å²) < 4.78 is 10.7. The number of rotatable bonds is 6. The Kier molecular flexibility index (Phi) is 4.82. The zero-order valence-corrected chi connectivity index (χ0v) is 11.9. The Labute approximate surface area is 117 Å². The molecule has 0 aliphatic rings. The molecule has 0 aliphatic carbocycles. The standard InChI is InChI=1S/C15H18O3S/c1-17-13-6-3-5-11(15(13)18-2)8-9-12(16)14-7-4-10-19-14/h3-7,10,12,16H,8-9H2,1-2H3. The summed E-state index contributed by atoms with van der Waals surface area (Å²) in [7, 11) is 3.26. The molecule has 0 saturated heterocycles. The van der Waals surface area contributed by atoms with Crippen LogP contribution in [0.2, 0.25) is 0 Å². The normalized spacial score (nSPS) is 12.2. The second kappa shape index (κ2) is 6.59. The van der Waals surface area contributed by atoms with E-state index in [1.54, 1.807) is 25.6 Å². The average Bonchev–Trinajstić information content (AvgIpc) is 2.98. The van der Waals surface area contributed by atoms with Crippen LogP contribution in [-0.4, -0.2) is 19.3 Å². The fourth-order valence-electron chi connectivity index (χ4n) is 2.07. The predicted molar refractivity (Wildman–Crippen MR) is 77.1 cm³/mol. The second-order valence-corrected chi connectivity index (χ2v) is 5.20. The summed E-state index contributed by atoms with van der Waals surface area (Å²) >= 11 is 1.58. The molecule has 102 valence electrons. The van der Waals surface area contributed by atoms with Gasteiger partial charge in [0.05, 0.1) is 20.3 Å². The molecule has 1 aromatic heterocycles. The summed E-state index contributed by atoms with van der Waals surface area (Å²) in [5.74, 6) is 1.48. The van der Waals surface area contributed by atoms with E-state index < -0.39 is 6.10 Å². The number of para-hydroxylation sites is 1. The highest BCUT2D eigenvalue weighted by atomic mass is 32.1. The van der Waals surface area contributed by atoms with Crippen molar-refractivity contribution in [3.8, 4) is 11.5 Å². The number of aryl methyl sites for hydroxylation is 1. The van der Waals surface area contributed by atoms with Crippen molar-refractivity contribution in [2.24, 2.45) is 0 Å². The molecule has 1 atom stereocenters. The van der Waals surface area contributed by atoms with E-state index in [2.05, 4.69) is 0 Å². The van der Waals surface area contributed by atoms with Gasteiger partial charge in [0.1, 0.15) is 0 Å². The average molecular weight is 278 g/mol. The number of methoxy groups -OCH3 is 2. The van der Waals surface area contributed by atoms with Crippen molar-refractivity contribution >= 4 is 11.3 Å². The minimum absolute atomic E-state index is 0.420. The molecule has 0 saturated carbocycles. The number of thiophene rings is 1. The van der Waals surface area contributed by atoms with Crippen LogP contribution < -0.4 is 9.47 Å². The van der Waals surface area contributed by atoms with Gasteiger partial charge in [-0.2, -0.15) is 0 Å². The van der Waals surface area contributed by atoms with Crippen molar-refractivity contribution in [2.75, 3.05) is 14.2 Å². The van der Waals surface area contributed by atoms with Gasteiger partial charge in [0.2, 0.25) is 0 Å². The highest BCUT2D eigenvalue weighted by molar-refractivity contribution is 7.10. The number of aliphatic hydroxyl groups excluding tert-OH is 1. The van der Waals surface area contributed by atoms with Crippen molar-refractivity contribution in [3.63, 3.8) is 0 Å². The molecule has 1 heterocycles. The minimum atomic E-state index is -0.420. The fourth-order valence-corrected chi connectivity index (χ4v) is 2.81. The first kappa shape index (κ1) is 13.9. The quantitative estimate of drug-likeness (QED) is 0.879. The second-order valence-electron chi connectivity index (χ2n) is 4.22. The van der Waals surface area contributed by atoms with Gasteiger partial charge in [-0.05, 0) is 35.9 Å². The smallest absolute Gasteiger partial charge is 0.163 e. The summed E-state index contributed by atoms with van der Waals surface area (Å²) in [5.41, 5.74) is 1.05. The van der Waals surface area contributed by atoms with E-state index in [-0.39, 0.29) is 0 Å². The Bertz CT molecular complexity index is 508. The lowest BCUT2D eigenvalue weighted by Crippen LogP contribution is -2.00. The molecular weight excluding hydrogens is 260 g/mol. The van der Waals surface area contributed by atoms with Crippen molar-refractivity contribution in [1.82, 2.24) is 0 Å². The molecule has 19 heavy (non-hydrogen) atoms. The first-order valence-electron chi connectivity index (χ1n) is 6.17. The molecule has 1 unspecified atom stereocenters. The zero-order chi connectivity index (χ0) is 13.7. The van der Waals surface area contributed by atoms with Crippen LogP contribution in [0.3, 0.4) is 0 Å². The number of hydrogen-bond donors (Lipinski definition) is 1. The third-order valence-electron chi connectivity index (χ3n) is 3.04. The summed E-state index contributed by atoms with van der Waals surface area (Å²) in [6.45, 7) is 0. The lowest BCUT2D eigenvalue weighted by atomic mass is 10.0. The molecule has 2 aromatic rings. The molecule has 0 aliphatic heterocycles. The number of hydrogen-bond acceptors (Lipinski definition) is 4. The van der Waals surface area contributed by atoms with Gasteiger partial charge in [0.25, 0.3) is 0 Å². The van der Waals surface area contributed by atoms with Crippen molar-refractivity contribution < 1.29 is 14.6 Å². The topological polar surface area (TPSA) is 38.7 Å². The van der Waals surface area contributed by atoms with E-state index >= 15 is 0 Å². The molecular formula is C15H18O3S. The highest BCUT2D eigenvalue weighted by Crippen LogP contribution is 2.33. The van der Waals surface area contributed by atoms with E-state index in [0.717, 1.165) is 28.4 Å². The maximum Gasteiger partial charge on any atom is 0.163 e. The zero-order valence-electron chi connectivity index (χ0n) is 11.1. The molecule has 3 nitrogen and oxygen atoms in total. The van der Waals surface area contributed by atoms with Crippen molar-refractivity contribution in [2.45, 2.75) is 18.9 Å². The van der Waals surface area contributed by atoms with E-state index in [1.165, 1.54) is 0 Å². The summed E-state index contributed by atoms with van der Waals surface area (Å²) in [5, 5.41) is 12.1. The number of benzene rings is 1. The lowest BCUT2D eigenvalue weighted by Gasteiger charge is -2.14. The van der Waals surface area contributed by atoms with Crippen LogP contribution in [0, 0.1) is 0 Å². The monoisotopic (exact) mass is 278 g/mol. The van der Waals surface area contributed by atoms with Crippen molar-refractivity contribution in [3.05, 3.63) is 46.2 Å². The van der Waals surface area contributed by atoms with Crippen LogP contribution in [-0.2, 0) is 6.42 Å². The maximum atomic E-state index is 10.1. The molecule has 0 bridgehead atoms. The summed E-state index contributed by atoms with van der Waals surface area (Å²) in [4.78, 5) is 1.00. The van der Waals surface area contributed by atoms with E-state index in [9.17, 15) is 5.11 Å². The fraction of sp³-hybridized carbons (Fsp3) is 0.333. The Hall–Kier alpha value is -1.52. The van der Waals surface area contributed by atoms with Gasteiger partial charge >= 0.3 is 0 Å². The molecule has 0 amide bonds. The third kappa shape index (κ3) is 3.28. The SMILES string of the molecule is COc1cccc(CCC(O)c2cccs2)c1OC. The Morgan fingerprint density at radius 2 is 2.00 bits per heavy atom. The van der Waals surface area contributed by atoms with Crippen LogP contribution in [0.1, 0.15) is 23.0 Å². The van der Waals surface area contributed by atoms with Crippen molar-refractivity contribution in [1.29, 1.82) is 0 Å². The first-order chi connectivity index (χ1) is 9.26. The van der Waals surface area contributed by atoms with E-state index in [0.29, 0.717) is 6.42 Å². The maximum absolute atomic E-state index is 10.1. The van der Waals surface area contributed by atoms with Crippen LogP contribution in [0.4, 0.5) is 0 Å². The van der Waals surface area contributed by atoms with Crippen LogP contribution in [0.15, 0.2) is 35.7 Å². The molecule has 0 fully saturated rings. The first-order valence-corrected chi connectivity index (χ1v) is 7.05. The van der Waals surface area contributed by atoms with Gasteiger partial charge < -0.3 is 14.6 Å². The molecule has 0 spiro atoms. The Morgan fingerprint density at radius 1 is 1.16 bits per heavy atom. The molecule has 4 heteroatoms. The predicted octanol–water partition coefficient (Wildman–Crippen LogP) is 3.43. The Balaban J connectivity index is 2.07. The number of aliphatic hydroxyl groups is 1. The Morgan fingerprint density at radius 3 is 2.63 bits per heavy atom. The van der Waals surface area contributed by atoms with Gasteiger partial charge in [-0.25, -0.2) is 0 Å². The largest absolute Gasteiger partial charge is 0.493 e. The van der Waals surface area contributed by atoms with Gasteiger partial charge in [0, 0.05) is 4.88 Å². The molecule has 0 radical (unpaired) electrons. The van der Waals surface area contributed by atoms with Crippen LogP contribution in [0.25, 0.3) is 0 Å². The highest BCUT2D eigenvalue weighted by Gasteiger charge is 2.13. The third-order valence-corrected chi connectivity index (χ3v) is 4.02.